The van der Waals surface area contributed by atoms with Crippen LogP contribution in [-0.4, -0.2) is 15.9 Å². The molecule has 1 amide bonds. The third kappa shape index (κ3) is 4.31. The molecule has 0 unspecified atom stereocenters. The normalized spacial score (nSPS) is 10.5. The van der Waals surface area contributed by atoms with Crippen molar-refractivity contribution in [2.75, 3.05) is 10.6 Å². The summed E-state index contributed by atoms with van der Waals surface area (Å²) < 4.78 is 26.8. The van der Waals surface area contributed by atoms with Crippen LogP contribution >= 0.6 is 11.6 Å². The standard InChI is InChI=1S/C18H13ClF2N4O/c1-10-22-16(18(26)24-13-4-2-3-11(19)7-13)9-17(23-10)25-15-6-5-12(20)8-14(15)21/h2-9H,1H3,(H,24,26)(H,22,23,25). The molecule has 0 saturated carbocycles. The van der Waals surface area contributed by atoms with Gasteiger partial charge in [-0.1, -0.05) is 17.7 Å². The Morgan fingerprint density at radius 2 is 1.88 bits per heavy atom. The lowest BCUT2D eigenvalue weighted by Crippen LogP contribution is -2.15. The Kier molecular flexibility index (Phi) is 5.09. The Labute approximate surface area is 153 Å². The largest absolute Gasteiger partial charge is 0.338 e. The second-order valence-electron chi connectivity index (χ2n) is 5.40. The van der Waals surface area contributed by atoms with E-state index in [0.29, 0.717) is 16.5 Å². The Bertz CT molecular complexity index is 981. The summed E-state index contributed by atoms with van der Waals surface area (Å²) in [5.41, 5.74) is 0.631. The van der Waals surface area contributed by atoms with Crippen LogP contribution < -0.4 is 10.6 Å². The van der Waals surface area contributed by atoms with Crippen molar-refractivity contribution in [2.45, 2.75) is 6.92 Å². The van der Waals surface area contributed by atoms with E-state index in [-0.39, 0.29) is 17.2 Å². The monoisotopic (exact) mass is 374 g/mol. The number of halogens is 3. The van der Waals surface area contributed by atoms with Gasteiger partial charge in [0.1, 0.15) is 29.0 Å². The Hall–Kier alpha value is -3.06. The molecule has 3 rings (SSSR count). The van der Waals surface area contributed by atoms with Crippen molar-refractivity contribution < 1.29 is 13.6 Å². The lowest BCUT2D eigenvalue weighted by molar-refractivity contribution is 0.102. The molecule has 0 spiro atoms. The van der Waals surface area contributed by atoms with E-state index in [0.717, 1.165) is 12.1 Å². The lowest BCUT2D eigenvalue weighted by Gasteiger charge is -2.10. The van der Waals surface area contributed by atoms with Crippen LogP contribution in [0.15, 0.2) is 48.5 Å². The molecule has 8 heteroatoms. The van der Waals surface area contributed by atoms with Crippen LogP contribution in [0.5, 0.6) is 0 Å². The van der Waals surface area contributed by atoms with Crippen molar-refractivity contribution in [3.05, 3.63) is 76.7 Å². The summed E-state index contributed by atoms with van der Waals surface area (Å²) in [4.78, 5) is 20.6. The molecule has 2 N–H and O–H groups in total. The Balaban J connectivity index is 1.84. The molecule has 1 heterocycles. The molecule has 26 heavy (non-hydrogen) atoms. The number of aryl methyl sites for hydroxylation is 1. The first-order chi connectivity index (χ1) is 12.4. The van der Waals surface area contributed by atoms with Crippen molar-refractivity contribution >= 4 is 34.7 Å². The third-order valence-electron chi connectivity index (χ3n) is 3.35. The average molecular weight is 375 g/mol. The number of rotatable bonds is 4. The highest BCUT2D eigenvalue weighted by Crippen LogP contribution is 2.21. The zero-order valence-electron chi connectivity index (χ0n) is 13.6. The van der Waals surface area contributed by atoms with Crippen molar-refractivity contribution in [1.82, 2.24) is 9.97 Å². The van der Waals surface area contributed by atoms with Gasteiger partial charge in [0.15, 0.2) is 0 Å². The number of nitrogens with zero attached hydrogens (tertiary/aromatic N) is 2. The molecule has 0 bridgehead atoms. The second-order valence-corrected chi connectivity index (χ2v) is 5.84. The van der Waals surface area contributed by atoms with Crippen molar-refractivity contribution in [3.63, 3.8) is 0 Å². The SMILES string of the molecule is Cc1nc(Nc2ccc(F)cc2F)cc(C(=O)Nc2cccc(Cl)c2)n1. The van der Waals surface area contributed by atoms with Gasteiger partial charge in [0.2, 0.25) is 0 Å². The molecule has 0 atom stereocenters. The number of hydrogen-bond donors (Lipinski definition) is 2. The summed E-state index contributed by atoms with van der Waals surface area (Å²) in [7, 11) is 0. The van der Waals surface area contributed by atoms with Crippen LogP contribution in [0.1, 0.15) is 16.3 Å². The molecule has 0 aliphatic carbocycles. The number of anilines is 3. The van der Waals surface area contributed by atoms with Crippen molar-refractivity contribution in [2.24, 2.45) is 0 Å². The molecular formula is C18H13ClF2N4O. The van der Waals surface area contributed by atoms with Crippen LogP contribution in [-0.2, 0) is 0 Å². The maximum Gasteiger partial charge on any atom is 0.274 e. The highest BCUT2D eigenvalue weighted by atomic mass is 35.5. The zero-order valence-corrected chi connectivity index (χ0v) is 14.3. The van der Waals surface area contributed by atoms with E-state index in [4.69, 9.17) is 11.6 Å². The van der Waals surface area contributed by atoms with Gasteiger partial charge in [0, 0.05) is 22.8 Å². The topological polar surface area (TPSA) is 66.9 Å². The fourth-order valence-corrected chi connectivity index (χ4v) is 2.43. The smallest absolute Gasteiger partial charge is 0.274 e. The summed E-state index contributed by atoms with van der Waals surface area (Å²) >= 11 is 5.89. The molecule has 1 aromatic heterocycles. The maximum absolute atomic E-state index is 13.8. The van der Waals surface area contributed by atoms with Gasteiger partial charge >= 0.3 is 0 Å². The molecule has 0 aliphatic heterocycles. The van der Waals surface area contributed by atoms with Gasteiger partial charge in [0.25, 0.3) is 5.91 Å². The first-order valence-electron chi connectivity index (χ1n) is 7.55. The van der Waals surface area contributed by atoms with Crippen molar-refractivity contribution in [1.29, 1.82) is 0 Å². The fourth-order valence-electron chi connectivity index (χ4n) is 2.24. The van der Waals surface area contributed by atoms with Crippen LogP contribution in [0.3, 0.4) is 0 Å². The van der Waals surface area contributed by atoms with Crippen LogP contribution in [0.4, 0.5) is 26.0 Å². The molecular weight excluding hydrogens is 362 g/mol. The predicted molar refractivity (Wildman–Crippen MR) is 95.8 cm³/mol. The minimum absolute atomic E-state index is 0.0331. The summed E-state index contributed by atoms with van der Waals surface area (Å²) in [5.74, 6) is -1.41. The molecule has 132 valence electrons. The Morgan fingerprint density at radius 3 is 2.62 bits per heavy atom. The molecule has 5 nitrogen and oxygen atoms in total. The number of carbonyl (C=O) groups is 1. The van der Waals surface area contributed by atoms with Crippen molar-refractivity contribution in [3.8, 4) is 0 Å². The van der Waals surface area contributed by atoms with E-state index < -0.39 is 17.5 Å². The molecule has 0 radical (unpaired) electrons. The number of benzene rings is 2. The Morgan fingerprint density at radius 1 is 1.08 bits per heavy atom. The first kappa shape index (κ1) is 17.8. The number of hydrogen-bond acceptors (Lipinski definition) is 4. The third-order valence-corrected chi connectivity index (χ3v) is 3.58. The van der Waals surface area contributed by atoms with Gasteiger partial charge in [-0.2, -0.15) is 0 Å². The van der Waals surface area contributed by atoms with E-state index in [1.54, 1.807) is 31.2 Å². The fraction of sp³-hybridized carbons (Fsp3) is 0.0556. The average Bonchev–Trinajstić information content (AvgIpc) is 2.57. The van der Waals surface area contributed by atoms with E-state index in [2.05, 4.69) is 20.6 Å². The highest BCUT2D eigenvalue weighted by Gasteiger charge is 2.12. The van der Waals surface area contributed by atoms with Crippen LogP contribution in [0.25, 0.3) is 0 Å². The molecule has 0 saturated heterocycles. The molecule has 3 aromatic rings. The lowest BCUT2D eigenvalue weighted by atomic mass is 10.2. The van der Waals surface area contributed by atoms with Gasteiger partial charge in [0.05, 0.1) is 5.69 Å². The number of nitrogens with one attached hydrogen (secondary N) is 2. The van der Waals surface area contributed by atoms with E-state index in [1.165, 1.54) is 12.1 Å². The van der Waals surface area contributed by atoms with Gasteiger partial charge in [-0.3, -0.25) is 4.79 Å². The summed E-state index contributed by atoms with van der Waals surface area (Å²) in [6.07, 6.45) is 0. The molecule has 0 aliphatic rings. The van der Waals surface area contributed by atoms with Crippen LogP contribution in [0, 0.1) is 18.6 Å². The minimum atomic E-state index is -0.772. The number of amides is 1. The van der Waals surface area contributed by atoms with Crippen LogP contribution in [0.2, 0.25) is 5.02 Å². The quantitative estimate of drug-likeness (QED) is 0.694. The van der Waals surface area contributed by atoms with Gasteiger partial charge < -0.3 is 10.6 Å². The summed E-state index contributed by atoms with van der Waals surface area (Å²) in [6, 6.07) is 11.2. The minimum Gasteiger partial charge on any atom is -0.338 e. The number of aromatic nitrogens is 2. The maximum atomic E-state index is 13.8. The summed E-state index contributed by atoms with van der Waals surface area (Å²) in [6.45, 7) is 1.60. The van der Waals surface area contributed by atoms with E-state index >= 15 is 0 Å². The van der Waals surface area contributed by atoms with Gasteiger partial charge in [-0.25, -0.2) is 18.7 Å². The zero-order chi connectivity index (χ0) is 18.7. The van der Waals surface area contributed by atoms with E-state index in [1.807, 2.05) is 0 Å². The van der Waals surface area contributed by atoms with E-state index in [9.17, 15) is 13.6 Å². The van der Waals surface area contributed by atoms with Gasteiger partial charge in [-0.15, -0.1) is 0 Å². The number of carbonyl (C=O) groups excluding carboxylic acids is 1. The predicted octanol–water partition coefficient (Wildman–Crippen LogP) is 4.71. The second kappa shape index (κ2) is 7.45. The van der Waals surface area contributed by atoms with Gasteiger partial charge in [-0.05, 0) is 37.3 Å². The first-order valence-corrected chi connectivity index (χ1v) is 7.93. The highest BCUT2D eigenvalue weighted by molar-refractivity contribution is 6.30. The molecule has 2 aromatic carbocycles. The molecule has 0 fully saturated rings. The summed E-state index contributed by atoms with van der Waals surface area (Å²) in [5, 5.41) is 5.87.